The van der Waals surface area contributed by atoms with Crippen molar-refractivity contribution in [2.24, 2.45) is 5.41 Å². The van der Waals surface area contributed by atoms with Gasteiger partial charge in [-0.3, -0.25) is 4.79 Å². The molecule has 0 spiro atoms. The first kappa shape index (κ1) is 13.7. The Balaban J connectivity index is 1.90. The van der Waals surface area contributed by atoms with Gasteiger partial charge in [-0.05, 0) is 37.5 Å². The standard InChI is InChI=1S/C16H21NO2/c1-4-19-14-7-5-6-13(8-14)11-17-15(18)16(3)9-12(2)10-16/h5-8H,2,4,9-11H2,1,3H3,(H,17,18). The monoisotopic (exact) mass is 259 g/mol. The lowest BCUT2D eigenvalue weighted by Crippen LogP contribution is -2.44. The number of amides is 1. The molecule has 1 fully saturated rings. The van der Waals surface area contributed by atoms with Gasteiger partial charge in [0.25, 0.3) is 0 Å². The van der Waals surface area contributed by atoms with E-state index >= 15 is 0 Å². The molecule has 3 nitrogen and oxygen atoms in total. The molecule has 1 saturated carbocycles. The fourth-order valence-electron chi connectivity index (χ4n) is 2.52. The smallest absolute Gasteiger partial charge is 0.226 e. The van der Waals surface area contributed by atoms with Crippen LogP contribution in [0.3, 0.4) is 0 Å². The molecule has 0 atom stereocenters. The molecule has 1 N–H and O–H groups in total. The molecule has 1 aromatic carbocycles. The average Bonchev–Trinajstić information content (AvgIpc) is 2.35. The molecule has 0 aromatic heterocycles. The van der Waals surface area contributed by atoms with E-state index in [1.54, 1.807) is 0 Å². The van der Waals surface area contributed by atoms with Crippen molar-refractivity contribution in [2.75, 3.05) is 6.61 Å². The normalized spacial score (nSPS) is 16.6. The van der Waals surface area contributed by atoms with E-state index in [-0.39, 0.29) is 11.3 Å². The lowest BCUT2D eigenvalue weighted by molar-refractivity contribution is -0.132. The summed E-state index contributed by atoms with van der Waals surface area (Å²) >= 11 is 0. The zero-order valence-electron chi connectivity index (χ0n) is 11.7. The van der Waals surface area contributed by atoms with Crippen LogP contribution >= 0.6 is 0 Å². The van der Waals surface area contributed by atoms with E-state index in [2.05, 4.69) is 11.9 Å². The second-order valence-electron chi connectivity index (χ2n) is 5.43. The molecule has 0 radical (unpaired) electrons. The molecule has 0 aliphatic heterocycles. The van der Waals surface area contributed by atoms with E-state index < -0.39 is 0 Å². The molecule has 0 heterocycles. The second-order valence-corrected chi connectivity index (χ2v) is 5.43. The number of rotatable bonds is 5. The third kappa shape index (κ3) is 3.16. The van der Waals surface area contributed by atoms with Crippen LogP contribution in [0.15, 0.2) is 36.4 Å². The Morgan fingerprint density at radius 1 is 1.47 bits per heavy atom. The van der Waals surface area contributed by atoms with Crippen LogP contribution in [0.5, 0.6) is 5.75 Å². The maximum Gasteiger partial charge on any atom is 0.226 e. The van der Waals surface area contributed by atoms with Crippen molar-refractivity contribution >= 4 is 5.91 Å². The first-order chi connectivity index (χ1) is 9.03. The quantitative estimate of drug-likeness (QED) is 0.825. The van der Waals surface area contributed by atoms with Crippen molar-refractivity contribution < 1.29 is 9.53 Å². The van der Waals surface area contributed by atoms with Crippen LogP contribution in [-0.4, -0.2) is 12.5 Å². The number of benzene rings is 1. The van der Waals surface area contributed by atoms with Crippen LogP contribution in [0.2, 0.25) is 0 Å². The Morgan fingerprint density at radius 2 is 2.21 bits per heavy atom. The summed E-state index contributed by atoms with van der Waals surface area (Å²) in [6, 6.07) is 7.82. The van der Waals surface area contributed by atoms with Gasteiger partial charge in [0.15, 0.2) is 0 Å². The van der Waals surface area contributed by atoms with E-state index in [1.807, 2.05) is 38.1 Å². The topological polar surface area (TPSA) is 38.3 Å². The van der Waals surface area contributed by atoms with Gasteiger partial charge in [0.05, 0.1) is 12.0 Å². The minimum Gasteiger partial charge on any atom is -0.494 e. The predicted molar refractivity (Wildman–Crippen MR) is 75.9 cm³/mol. The van der Waals surface area contributed by atoms with E-state index in [4.69, 9.17) is 4.74 Å². The highest BCUT2D eigenvalue weighted by Crippen LogP contribution is 2.43. The summed E-state index contributed by atoms with van der Waals surface area (Å²) in [7, 11) is 0. The van der Waals surface area contributed by atoms with Gasteiger partial charge >= 0.3 is 0 Å². The Hall–Kier alpha value is -1.77. The van der Waals surface area contributed by atoms with Crippen LogP contribution in [-0.2, 0) is 11.3 Å². The number of nitrogens with one attached hydrogen (secondary N) is 1. The second kappa shape index (κ2) is 5.47. The summed E-state index contributed by atoms with van der Waals surface area (Å²) in [5.41, 5.74) is 1.96. The highest BCUT2D eigenvalue weighted by atomic mass is 16.5. The number of carbonyl (C=O) groups excluding carboxylic acids is 1. The van der Waals surface area contributed by atoms with E-state index in [0.717, 1.165) is 29.7 Å². The molecular formula is C16H21NO2. The first-order valence-electron chi connectivity index (χ1n) is 6.70. The van der Waals surface area contributed by atoms with Crippen molar-refractivity contribution in [3.63, 3.8) is 0 Å². The summed E-state index contributed by atoms with van der Waals surface area (Å²) in [6.45, 7) is 9.04. The summed E-state index contributed by atoms with van der Waals surface area (Å²) < 4.78 is 5.44. The van der Waals surface area contributed by atoms with Gasteiger partial charge in [-0.25, -0.2) is 0 Å². The Kier molecular flexibility index (Phi) is 3.93. The van der Waals surface area contributed by atoms with Crippen LogP contribution in [0, 0.1) is 5.41 Å². The SMILES string of the molecule is C=C1CC(C)(C(=O)NCc2cccc(OCC)c2)C1. The molecule has 1 aromatic rings. The van der Waals surface area contributed by atoms with Crippen molar-refractivity contribution in [1.82, 2.24) is 5.32 Å². The Labute approximate surface area is 114 Å². The number of ether oxygens (including phenoxy) is 1. The summed E-state index contributed by atoms with van der Waals surface area (Å²) in [4.78, 5) is 12.1. The van der Waals surface area contributed by atoms with Gasteiger partial charge < -0.3 is 10.1 Å². The third-order valence-corrected chi connectivity index (χ3v) is 3.49. The third-order valence-electron chi connectivity index (χ3n) is 3.49. The minimum absolute atomic E-state index is 0.113. The summed E-state index contributed by atoms with van der Waals surface area (Å²) in [6.07, 6.45) is 1.61. The number of carbonyl (C=O) groups is 1. The number of allylic oxidation sites excluding steroid dienone is 1. The first-order valence-corrected chi connectivity index (χ1v) is 6.70. The molecular weight excluding hydrogens is 238 g/mol. The van der Waals surface area contributed by atoms with E-state index in [0.29, 0.717) is 13.2 Å². The highest BCUT2D eigenvalue weighted by Gasteiger charge is 2.41. The molecule has 1 amide bonds. The van der Waals surface area contributed by atoms with E-state index in [9.17, 15) is 4.79 Å². The van der Waals surface area contributed by atoms with Gasteiger partial charge in [0.2, 0.25) is 5.91 Å². The van der Waals surface area contributed by atoms with Gasteiger partial charge in [-0.2, -0.15) is 0 Å². The molecule has 0 unspecified atom stereocenters. The van der Waals surface area contributed by atoms with Gasteiger partial charge in [0, 0.05) is 6.54 Å². The Morgan fingerprint density at radius 3 is 2.84 bits per heavy atom. The Bertz CT molecular complexity index is 485. The molecule has 1 aliphatic carbocycles. The van der Waals surface area contributed by atoms with Crippen LogP contribution in [0.25, 0.3) is 0 Å². The summed E-state index contributed by atoms with van der Waals surface area (Å²) in [5, 5.41) is 3.00. The zero-order valence-corrected chi connectivity index (χ0v) is 11.7. The molecule has 19 heavy (non-hydrogen) atoms. The lowest BCUT2D eigenvalue weighted by atomic mass is 9.67. The molecule has 0 bridgehead atoms. The number of hydrogen-bond acceptors (Lipinski definition) is 2. The van der Waals surface area contributed by atoms with Gasteiger partial charge in [-0.1, -0.05) is 31.2 Å². The van der Waals surface area contributed by atoms with Crippen molar-refractivity contribution in [3.8, 4) is 5.75 Å². The zero-order chi connectivity index (χ0) is 13.9. The molecule has 3 heteroatoms. The van der Waals surface area contributed by atoms with Crippen molar-refractivity contribution in [1.29, 1.82) is 0 Å². The molecule has 102 valence electrons. The van der Waals surface area contributed by atoms with Gasteiger partial charge in [-0.15, -0.1) is 0 Å². The molecule has 0 saturated heterocycles. The van der Waals surface area contributed by atoms with Crippen LogP contribution in [0.4, 0.5) is 0 Å². The van der Waals surface area contributed by atoms with E-state index in [1.165, 1.54) is 0 Å². The lowest BCUT2D eigenvalue weighted by Gasteiger charge is -2.38. The van der Waals surface area contributed by atoms with Gasteiger partial charge in [0.1, 0.15) is 5.75 Å². The maximum absolute atomic E-state index is 12.1. The molecule has 2 rings (SSSR count). The van der Waals surface area contributed by atoms with Crippen LogP contribution < -0.4 is 10.1 Å². The predicted octanol–water partition coefficient (Wildman–Crippen LogP) is 3.06. The largest absolute Gasteiger partial charge is 0.494 e. The summed E-state index contributed by atoms with van der Waals surface area (Å²) in [5.74, 6) is 0.958. The van der Waals surface area contributed by atoms with Crippen LogP contribution in [0.1, 0.15) is 32.3 Å². The minimum atomic E-state index is -0.255. The molecule has 1 aliphatic rings. The van der Waals surface area contributed by atoms with Crippen molar-refractivity contribution in [3.05, 3.63) is 42.0 Å². The van der Waals surface area contributed by atoms with Crippen molar-refractivity contribution in [2.45, 2.75) is 33.2 Å². The average molecular weight is 259 g/mol. The fourth-order valence-corrected chi connectivity index (χ4v) is 2.52. The fraction of sp³-hybridized carbons (Fsp3) is 0.438. The maximum atomic E-state index is 12.1. The highest BCUT2D eigenvalue weighted by molar-refractivity contribution is 5.84. The number of hydrogen-bond donors (Lipinski definition) is 1.